The van der Waals surface area contributed by atoms with Gasteiger partial charge in [-0.25, -0.2) is 0 Å². The third kappa shape index (κ3) is 1.59. The molecule has 15 heavy (non-hydrogen) atoms. The average Bonchev–Trinajstić information content (AvgIpc) is 2.56. The fourth-order valence-electron chi connectivity index (χ4n) is 2.56. The lowest BCUT2D eigenvalue weighted by molar-refractivity contribution is -0.273. The summed E-state index contributed by atoms with van der Waals surface area (Å²) in [5.41, 5.74) is -1.68. The molecule has 0 aromatic rings. The molecule has 2 aliphatic rings. The normalized spacial score (nSPS) is 29.8. The number of hydrogen-bond donors (Lipinski definition) is 3. The fourth-order valence-corrected chi connectivity index (χ4v) is 2.56. The molecule has 2 fully saturated rings. The van der Waals surface area contributed by atoms with Crippen LogP contribution in [0.15, 0.2) is 0 Å². The number of aliphatic hydroxyl groups excluding tert-OH is 2. The molecule has 5 heteroatoms. The van der Waals surface area contributed by atoms with E-state index in [1.807, 2.05) is 0 Å². The largest absolute Gasteiger partial charge is 0.394 e. The third-order valence-corrected chi connectivity index (χ3v) is 3.67. The van der Waals surface area contributed by atoms with Crippen LogP contribution in [0, 0.1) is 0 Å². The Hall–Kier alpha value is -0.200. The van der Waals surface area contributed by atoms with Crippen molar-refractivity contribution < 1.29 is 20.2 Å². The number of hydrogen-bond acceptors (Lipinski definition) is 5. The summed E-state index contributed by atoms with van der Waals surface area (Å²) in [7, 11) is 0. The first-order valence-corrected chi connectivity index (χ1v) is 5.54. The van der Waals surface area contributed by atoms with Crippen LogP contribution < -0.4 is 0 Å². The summed E-state index contributed by atoms with van der Waals surface area (Å²) >= 11 is 0. The number of aliphatic hydroxyl groups is 2. The van der Waals surface area contributed by atoms with Crippen LogP contribution in [-0.4, -0.2) is 51.6 Å². The van der Waals surface area contributed by atoms with Gasteiger partial charge in [-0.05, 0) is 25.7 Å². The zero-order chi connectivity index (χ0) is 10.9. The molecular weight excluding hydrogens is 198 g/mol. The van der Waals surface area contributed by atoms with Crippen LogP contribution in [0.4, 0.5) is 0 Å². The molecule has 0 aromatic heterocycles. The van der Waals surface area contributed by atoms with Gasteiger partial charge in [0.2, 0.25) is 0 Å². The molecule has 0 unspecified atom stereocenters. The highest BCUT2D eigenvalue weighted by Gasteiger charge is 2.55. The van der Waals surface area contributed by atoms with Gasteiger partial charge in [-0.3, -0.25) is 0 Å². The Kier molecular flexibility index (Phi) is 3.00. The topological polar surface area (TPSA) is 73.2 Å². The molecule has 1 heterocycles. The van der Waals surface area contributed by atoms with Gasteiger partial charge in [0, 0.05) is 0 Å². The molecule has 0 atom stereocenters. The van der Waals surface area contributed by atoms with Crippen LogP contribution >= 0.6 is 0 Å². The maximum Gasteiger partial charge on any atom is 0.144 e. The van der Waals surface area contributed by atoms with Crippen LogP contribution in [0.2, 0.25) is 0 Å². The van der Waals surface area contributed by atoms with Crippen LogP contribution in [0.1, 0.15) is 32.1 Å². The second-order valence-corrected chi connectivity index (χ2v) is 4.65. The molecule has 0 aromatic carbocycles. The van der Waals surface area contributed by atoms with E-state index in [2.05, 4.69) is 0 Å². The van der Waals surface area contributed by atoms with Crippen LogP contribution in [-0.2, 0) is 4.74 Å². The Labute approximate surface area is 89.2 Å². The molecule has 1 saturated heterocycles. The minimum absolute atomic E-state index is 0.191. The van der Waals surface area contributed by atoms with E-state index in [9.17, 15) is 15.4 Å². The zero-order valence-electron chi connectivity index (χ0n) is 8.85. The van der Waals surface area contributed by atoms with E-state index in [0.717, 1.165) is 37.2 Å². The van der Waals surface area contributed by atoms with E-state index in [1.54, 1.807) is 0 Å². The zero-order valence-corrected chi connectivity index (χ0v) is 8.85. The minimum atomic E-state index is -1.02. The number of ether oxygens (including phenoxy) is 1. The monoisotopic (exact) mass is 217 g/mol. The quantitative estimate of drug-likeness (QED) is 0.611. The molecule has 1 saturated carbocycles. The van der Waals surface area contributed by atoms with Crippen molar-refractivity contribution in [3.05, 3.63) is 0 Å². The van der Waals surface area contributed by atoms with Gasteiger partial charge in [0.1, 0.15) is 11.3 Å². The fraction of sp³-hybridized carbons (Fsp3) is 1.00. The summed E-state index contributed by atoms with van der Waals surface area (Å²) in [5, 5.41) is 29.7. The van der Waals surface area contributed by atoms with Gasteiger partial charge in [-0.2, -0.15) is 0 Å². The molecule has 0 radical (unpaired) electrons. The minimum Gasteiger partial charge on any atom is -0.394 e. The van der Waals surface area contributed by atoms with Crippen molar-refractivity contribution in [1.82, 2.24) is 5.06 Å². The smallest absolute Gasteiger partial charge is 0.144 e. The molecule has 2 rings (SSSR count). The van der Waals surface area contributed by atoms with E-state index >= 15 is 0 Å². The molecule has 1 aliphatic carbocycles. The summed E-state index contributed by atoms with van der Waals surface area (Å²) in [6, 6.07) is 0. The number of nitrogens with zero attached hydrogens (tertiary/aromatic N) is 1. The Bertz CT molecular complexity index is 223. The molecule has 0 amide bonds. The molecule has 1 aliphatic heterocycles. The predicted molar refractivity (Wildman–Crippen MR) is 52.3 cm³/mol. The van der Waals surface area contributed by atoms with Crippen LogP contribution in [0.25, 0.3) is 0 Å². The number of hydroxylamine groups is 2. The molecule has 5 nitrogen and oxygen atoms in total. The Morgan fingerprint density at radius 2 is 1.67 bits per heavy atom. The van der Waals surface area contributed by atoms with E-state index in [0.29, 0.717) is 0 Å². The van der Waals surface area contributed by atoms with Gasteiger partial charge in [0.15, 0.2) is 0 Å². The van der Waals surface area contributed by atoms with Gasteiger partial charge < -0.3 is 20.2 Å². The summed E-state index contributed by atoms with van der Waals surface area (Å²) in [4.78, 5) is 0. The van der Waals surface area contributed by atoms with E-state index in [4.69, 9.17) is 4.74 Å². The molecule has 88 valence electrons. The summed E-state index contributed by atoms with van der Waals surface area (Å²) in [5.74, 6) is 0. The Morgan fingerprint density at radius 3 is 2.13 bits per heavy atom. The van der Waals surface area contributed by atoms with Crippen LogP contribution in [0.5, 0.6) is 0 Å². The van der Waals surface area contributed by atoms with Gasteiger partial charge in [-0.1, -0.05) is 6.42 Å². The number of rotatable bonds is 2. The lowest BCUT2D eigenvalue weighted by Crippen LogP contribution is -2.57. The van der Waals surface area contributed by atoms with E-state index in [1.165, 1.54) is 0 Å². The highest BCUT2D eigenvalue weighted by Crippen LogP contribution is 2.42. The standard InChI is InChI=1S/C10H19NO4/c12-6-9(7-13)8-15-10(11(9)14)4-2-1-3-5-10/h12-14H,1-8H2. The van der Waals surface area contributed by atoms with Crippen molar-refractivity contribution >= 4 is 0 Å². The Morgan fingerprint density at radius 1 is 1.07 bits per heavy atom. The van der Waals surface area contributed by atoms with Gasteiger partial charge >= 0.3 is 0 Å². The summed E-state index contributed by atoms with van der Waals surface area (Å²) in [6.45, 7) is -0.389. The second-order valence-electron chi connectivity index (χ2n) is 4.65. The summed E-state index contributed by atoms with van der Waals surface area (Å²) in [6.07, 6.45) is 4.73. The van der Waals surface area contributed by atoms with Crippen molar-refractivity contribution in [3.63, 3.8) is 0 Å². The molecular formula is C10H19NO4. The lowest BCUT2D eigenvalue weighted by atomic mass is 9.90. The summed E-state index contributed by atoms with van der Waals surface area (Å²) < 4.78 is 5.65. The molecule has 3 N–H and O–H groups in total. The van der Waals surface area contributed by atoms with Crippen molar-refractivity contribution in [1.29, 1.82) is 0 Å². The first-order chi connectivity index (χ1) is 7.19. The maximum atomic E-state index is 10.1. The predicted octanol–water partition coefficient (Wildman–Crippen LogP) is 0.0916. The SMILES string of the molecule is OCC1(CO)COC2(CCCCC2)N1O. The molecule has 1 spiro atoms. The molecule has 0 bridgehead atoms. The Balaban J connectivity index is 2.17. The van der Waals surface area contributed by atoms with Gasteiger partial charge in [-0.15, -0.1) is 5.06 Å². The van der Waals surface area contributed by atoms with Crippen molar-refractivity contribution in [3.8, 4) is 0 Å². The van der Waals surface area contributed by atoms with Crippen molar-refractivity contribution in [2.45, 2.75) is 43.4 Å². The van der Waals surface area contributed by atoms with Gasteiger partial charge in [0.25, 0.3) is 0 Å². The highest BCUT2D eigenvalue weighted by molar-refractivity contribution is 4.99. The average molecular weight is 217 g/mol. The van der Waals surface area contributed by atoms with E-state index in [-0.39, 0.29) is 19.8 Å². The highest BCUT2D eigenvalue weighted by atomic mass is 16.6. The van der Waals surface area contributed by atoms with Crippen molar-refractivity contribution in [2.75, 3.05) is 19.8 Å². The van der Waals surface area contributed by atoms with Gasteiger partial charge in [0.05, 0.1) is 19.8 Å². The maximum absolute atomic E-state index is 10.1. The second kappa shape index (κ2) is 3.99. The first kappa shape index (κ1) is 11.3. The lowest BCUT2D eigenvalue weighted by Gasteiger charge is -2.40. The van der Waals surface area contributed by atoms with Crippen LogP contribution in [0.3, 0.4) is 0 Å². The van der Waals surface area contributed by atoms with Crippen molar-refractivity contribution in [2.24, 2.45) is 0 Å². The van der Waals surface area contributed by atoms with E-state index < -0.39 is 11.3 Å². The third-order valence-electron chi connectivity index (χ3n) is 3.67. The first-order valence-electron chi connectivity index (χ1n) is 5.54.